The first kappa shape index (κ1) is 19.4. The van der Waals surface area contributed by atoms with Crippen LogP contribution in [-0.2, 0) is 4.79 Å². The number of hydrogen-bond acceptors (Lipinski definition) is 5. The molecule has 0 spiro atoms. The lowest BCUT2D eigenvalue weighted by Gasteiger charge is -2.29. The summed E-state index contributed by atoms with van der Waals surface area (Å²) in [5, 5.41) is 15.7. The quantitative estimate of drug-likeness (QED) is 0.722. The number of carboxylic acid groups (broad SMARTS) is 1. The number of carbonyl (C=O) groups is 2. The molecule has 2 saturated heterocycles. The maximum Gasteiger partial charge on any atom is 0.307 e. The Morgan fingerprint density at radius 1 is 1.14 bits per heavy atom. The average molecular weight is 394 g/mol. The van der Waals surface area contributed by atoms with E-state index in [2.05, 4.69) is 20.5 Å². The van der Waals surface area contributed by atoms with Gasteiger partial charge in [-0.25, -0.2) is 4.98 Å². The van der Waals surface area contributed by atoms with E-state index < -0.39 is 11.9 Å². The maximum absolute atomic E-state index is 12.7. The van der Waals surface area contributed by atoms with Crippen molar-refractivity contribution >= 4 is 23.4 Å². The second-order valence-corrected chi connectivity index (χ2v) is 7.70. The highest BCUT2D eigenvalue weighted by atomic mass is 16.4. The first-order valence-corrected chi connectivity index (χ1v) is 10.2. The van der Waals surface area contributed by atoms with Crippen LogP contribution in [0, 0.1) is 5.92 Å². The first-order chi connectivity index (χ1) is 14.1. The van der Waals surface area contributed by atoms with Gasteiger partial charge in [-0.2, -0.15) is 0 Å². The summed E-state index contributed by atoms with van der Waals surface area (Å²) in [5.74, 6) is -0.731. The number of aliphatic carboxylic acids is 1. The van der Waals surface area contributed by atoms with Gasteiger partial charge in [0.1, 0.15) is 11.5 Å². The van der Waals surface area contributed by atoms with Gasteiger partial charge in [0.05, 0.1) is 5.92 Å². The minimum absolute atomic E-state index is 0.116. The van der Waals surface area contributed by atoms with Crippen molar-refractivity contribution in [3.05, 3.63) is 53.7 Å². The fourth-order valence-electron chi connectivity index (χ4n) is 4.22. The summed E-state index contributed by atoms with van der Waals surface area (Å²) in [6.07, 6.45) is 2.90. The highest BCUT2D eigenvalue weighted by Gasteiger charge is 2.31. The predicted octanol–water partition coefficient (Wildman–Crippen LogP) is 2.71. The molecule has 29 heavy (non-hydrogen) atoms. The van der Waals surface area contributed by atoms with Crippen LogP contribution in [0.2, 0.25) is 0 Å². The number of rotatable bonds is 5. The molecule has 0 aliphatic carbocycles. The van der Waals surface area contributed by atoms with E-state index in [9.17, 15) is 14.7 Å². The molecule has 3 N–H and O–H groups in total. The number of nitrogens with one attached hydrogen (secondary N) is 2. The van der Waals surface area contributed by atoms with E-state index in [1.54, 1.807) is 6.07 Å². The number of carboxylic acids is 1. The molecule has 2 aliphatic heterocycles. The molecule has 1 amide bonds. The maximum atomic E-state index is 12.7. The number of carbonyl (C=O) groups excluding carboxylic acids is 1. The van der Waals surface area contributed by atoms with Crippen molar-refractivity contribution < 1.29 is 14.7 Å². The Morgan fingerprint density at radius 2 is 1.93 bits per heavy atom. The first-order valence-electron chi connectivity index (χ1n) is 10.2. The normalized spacial score (nSPS) is 21.7. The van der Waals surface area contributed by atoms with Gasteiger partial charge in [0.25, 0.3) is 5.91 Å². The number of piperidine rings is 1. The van der Waals surface area contributed by atoms with E-state index in [1.165, 1.54) is 0 Å². The van der Waals surface area contributed by atoms with Gasteiger partial charge >= 0.3 is 5.97 Å². The Balaban J connectivity index is 1.50. The van der Waals surface area contributed by atoms with Crippen LogP contribution in [0.15, 0.2) is 42.5 Å². The molecule has 2 aromatic rings. The van der Waals surface area contributed by atoms with E-state index in [0.29, 0.717) is 30.9 Å². The van der Waals surface area contributed by atoms with Crippen molar-refractivity contribution in [3.8, 4) is 0 Å². The molecule has 2 atom stereocenters. The lowest BCUT2D eigenvalue weighted by Crippen LogP contribution is -2.38. The zero-order chi connectivity index (χ0) is 20.2. The van der Waals surface area contributed by atoms with Crippen LogP contribution in [-0.4, -0.2) is 48.1 Å². The highest BCUT2D eigenvalue weighted by Crippen LogP contribution is 2.31. The van der Waals surface area contributed by atoms with Gasteiger partial charge in [-0.05, 0) is 55.6 Å². The van der Waals surface area contributed by atoms with Crippen molar-refractivity contribution in [1.29, 1.82) is 0 Å². The Morgan fingerprint density at radius 3 is 2.72 bits per heavy atom. The Bertz CT molecular complexity index is 895. The summed E-state index contributed by atoms with van der Waals surface area (Å²) in [7, 11) is 0. The van der Waals surface area contributed by atoms with Gasteiger partial charge in [0.2, 0.25) is 0 Å². The summed E-state index contributed by atoms with van der Waals surface area (Å²) in [6, 6.07) is 13.0. The van der Waals surface area contributed by atoms with Gasteiger partial charge in [0.15, 0.2) is 0 Å². The van der Waals surface area contributed by atoms with Gasteiger partial charge < -0.3 is 20.6 Å². The van der Waals surface area contributed by atoms with Crippen LogP contribution < -0.4 is 15.5 Å². The van der Waals surface area contributed by atoms with Crippen LogP contribution in [0.25, 0.3) is 0 Å². The molecule has 3 heterocycles. The fraction of sp³-hybridized carbons (Fsp3) is 0.409. The Hall–Kier alpha value is -2.93. The van der Waals surface area contributed by atoms with Crippen LogP contribution in [0.1, 0.15) is 41.2 Å². The summed E-state index contributed by atoms with van der Waals surface area (Å²) >= 11 is 0. The fourth-order valence-corrected chi connectivity index (χ4v) is 4.22. The van der Waals surface area contributed by atoms with Crippen LogP contribution in [0.4, 0.5) is 11.5 Å². The number of nitrogens with zero attached hydrogens (tertiary/aromatic N) is 2. The van der Waals surface area contributed by atoms with Gasteiger partial charge in [-0.3, -0.25) is 9.59 Å². The molecular formula is C22H26N4O3. The Kier molecular flexibility index (Phi) is 5.76. The molecule has 1 aromatic heterocycles. The zero-order valence-corrected chi connectivity index (χ0v) is 16.3. The molecule has 2 aliphatic rings. The van der Waals surface area contributed by atoms with Crippen molar-refractivity contribution in [2.24, 2.45) is 5.92 Å². The standard InChI is InChI=1S/C22H26N4O3/c27-21(19-7-4-8-20(25-19)26-11-1-2-12-26)24-16-6-3-5-15(13-16)18-14-23-10-9-17(18)22(28)29/h3-8,13,17-18,23H,1-2,9-12,14H2,(H,24,27)(H,28,29)/t17-,18+/m1/s1. The molecular weight excluding hydrogens is 368 g/mol. The molecule has 2 fully saturated rings. The van der Waals surface area contributed by atoms with E-state index in [1.807, 2.05) is 36.4 Å². The van der Waals surface area contributed by atoms with Gasteiger partial charge in [-0.1, -0.05) is 18.2 Å². The van der Waals surface area contributed by atoms with Crippen molar-refractivity contribution in [2.45, 2.75) is 25.2 Å². The van der Waals surface area contributed by atoms with Crippen molar-refractivity contribution in [2.75, 3.05) is 36.4 Å². The van der Waals surface area contributed by atoms with Crippen molar-refractivity contribution in [1.82, 2.24) is 10.3 Å². The van der Waals surface area contributed by atoms with Crippen molar-refractivity contribution in [3.63, 3.8) is 0 Å². The molecule has 7 heteroatoms. The minimum atomic E-state index is -0.770. The summed E-state index contributed by atoms with van der Waals surface area (Å²) in [6.45, 7) is 3.28. The summed E-state index contributed by atoms with van der Waals surface area (Å²) < 4.78 is 0. The average Bonchev–Trinajstić information content (AvgIpc) is 3.29. The third-order valence-electron chi connectivity index (χ3n) is 5.77. The SMILES string of the molecule is O=C(Nc1cccc([C@@H]2CNCC[C@H]2C(=O)O)c1)c1cccc(N2CCCC2)n1. The highest BCUT2D eigenvalue weighted by molar-refractivity contribution is 6.03. The van der Waals surface area contributed by atoms with E-state index in [4.69, 9.17) is 0 Å². The lowest BCUT2D eigenvalue weighted by molar-refractivity contribution is -0.143. The molecule has 0 bridgehead atoms. The van der Waals surface area contributed by atoms with Crippen LogP contribution in [0.3, 0.4) is 0 Å². The van der Waals surface area contributed by atoms with Crippen LogP contribution >= 0.6 is 0 Å². The van der Waals surface area contributed by atoms with E-state index >= 15 is 0 Å². The number of pyridine rings is 1. The molecule has 0 unspecified atom stereocenters. The zero-order valence-electron chi connectivity index (χ0n) is 16.3. The topological polar surface area (TPSA) is 94.6 Å². The summed E-state index contributed by atoms with van der Waals surface area (Å²) in [5.41, 5.74) is 1.94. The second-order valence-electron chi connectivity index (χ2n) is 7.70. The van der Waals surface area contributed by atoms with E-state index in [0.717, 1.165) is 37.3 Å². The third kappa shape index (κ3) is 4.40. The molecule has 152 valence electrons. The second kappa shape index (κ2) is 8.61. The molecule has 0 radical (unpaired) electrons. The van der Waals surface area contributed by atoms with Gasteiger partial charge in [-0.15, -0.1) is 0 Å². The van der Waals surface area contributed by atoms with Gasteiger partial charge in [0, 0.05) is 31.2 Å². The number of hydrogen-bond donors (Lipinski definition) is 3. The Labute approximate surface area is 170 Å². The minimum Gasteiger partial charge on any atom is -0.481 e. The lowest BCUT2D eigenvalue weighted by atomic mass is 9.81. The molecule has 7 nitrogen and oxygen atoms in total. The van der Waals surface area contributed by atoms with E-state index in [-0.39, 0.29) is 11.8 Å². The van der Waals surface area contributed by atoms with Crippen LogP contribution in [0.5, 0.6) is 0 Å². The number of amides is 1. The molecule has 1 aromatic carbocycles. The number of anilines is 2. The smallest absolute Gasteiger partial charge is 0.307 e. The monoisotopic (exact) mass is 394 g/mol. The molecule has 4 rings (SSSR count). The predicted molar refractivity (Wildman–Crippen MR) is 111 cm³/mol. The molecule has 0 saturated carbocycles. The largest absolute Gasteiger partial charge is 0.481 e. The number of aromatic nitrogens is 1. The summed E-state index contributed by atoms with van der Waals surface area (Å²) in [4.78, 5) is 31.1. The third-order valence-corrected chi connectivity index (χ3v) is 5.77. The number of benzene rings is 1.